The van der Waals surface area contributed by atoms with Crippen molar-refractivity contribution in [2.45, 2.75) is 27.3 Å². The fourth-order valence-electron chi connectivity index (χ4n) is 1.87. The summed E-state index contributed by atoms with van der Waals surface area (Å²) in [6.07, 6.45) is 1.96. The number of thiazole rings is 1. The van der Waals surface area contributed by atoms with Gasteiger partial charge in [-0.15, -0.1) is 11.3 Å². The van der Waals surface area contributed by atoms with E-state index in [4.69, 9.17) is 4.74 Å². The minimum Gasteiger partial charge on any atom is -0.494 e. The summed E-state index contributed by atoms with van der Waals surface area (Å²) in [5, 5.41) is 4.51. The standard InChI is InChI=1S/C16H22N2OS/c1-4-19-14-7-5-13(6-8-14)16-18-11-15(20-16)10-17-9-12(2)3/h5-8,11-12,17H,4,9-10H2,1-3H3. The number of aromatic nitrogens is 1. The van der Waals surface area contributed by atoms with Crippen LogP contribution in [0.25, 0.3) is 10.6 Å². The molecular weight excluding hydrogens is 268 g/mol. The van der Waals surface area contributed by atoms with Crippen LogP contribution in [0.4, 0.5) is 0 Å². The second-order valence-corrected chi connectivity index (χ2v) is 6.23. The van der Waals surface area contributed by atoms with E-state index in [0.717, 1.165) is 29.4 Å². The molecule has 1 heterocycles. The first-order chi connectivity index (χ1) is 9.69. The smallest absolute Gasteiger partial charge is 0.123 e. The minimum atomic E-state index is 0.675. The van der Waals surface area contributed by atoms with E-state index in [0.29, 0.717) is 12.5 Å². The highest BCUT2D eigenvalue weighted by molar-refractivity contribution is 7.15. The summed E-state index contributed by atoms with van der Waals surface area (Å²) in [6.45, 7) is 9.05. The van der Waals surface area contributed by atoms with Crippen LogP contribution in [-0.2, 0) is 6.54 Å². The molecule has 0 atom stereocenters. The van der Waals surface area contributed by atoms with Crippen LogP contribution in [-0.4, -0.2) is 18.1 Å². The average molecular weight is 290 g/mol. The molecule has 1 aromatic heterocycles. The maximum atomic E-state index is 5.45. The Balaban J connectivity index is 1.97. The minimum absolute atomic E-state index is 0.675. The molecule has 3 nitrogen and oxygen atoms in total. The largest absolute Gasteiger partial charge is 0.494 e. The van der Waals surface area contributed by atoms with E-state index < -0.39 is 0 Å². The van der Waals surface area contributed by atoms with E-state index in [1.165, 1.54) is 4.88 Å². The molecule has 2 aromatic rings. The molecule has 0 fully saturated rings. The van der Waals surface area contributed by atoms with Gasteiger partial charge in [-0.05, 0) is 43.7 Å². The molecule has 4 heteroatoms. The molecule has 108 valence electrons. The molecule has 20 heavy (non-hydrogen) atoms. The lowest BCUT2D eigenvalue weighted by Crippen LogP contribution is -2.18. The number of benzene rings is 1. The van der Waals surface area contributed by atoms with Crippen molar-refractivity contribution in [3.05, 3.63) is 35.3 Å². The second kappa shape index (κ2) is 7.41. The van der Waals surface area contributed by atoms with Gasteiger partial charge < -0.3 is 10.1 Å². The quantitative estimate of drug-likeness (QED) is 0.838. The molecule has 0 aliphatic heterocycles. The molecule has 2 rings (SSSR count). The summed E-state index contributed by atoms with van der Waals surface area (Å²) in [4.78, 5) is 5.77. The van der Waals surface area contributed by atoms with Crippen molar-refractivity contribution >= 4 is 11.3 Å². The number of nitrogens with zero attached hydrogens (tertiary/aromatic N) is 1. The first-order valence-electron chi connectivity index (χ1n) is 7.07. The van der Waals surface area contributed by atoms with Crippen LogP contribution in [0.5, 0.6) is 5.75 Å². The van der Waals surface area contributed by atoms with E-state index in [2.05, 4.69) is 36.3 Å². The highest BCUT2D eigenvalue weighted by Gasteiger charge is 2.05. The van der Waals surface area contributed by atoms with Gasteiger partial charge in [-0.2, -0.15) is 0 Å². The van der Waals surface area contributed by atoms with Gasteiger partial charge in [0.05, 0.1) is 6.61 Å². The fourth-order valence-corrected chi connectivity index (χ4v) is 2.75. The normalized spacial score (nSPS) is 11.0. The number of hydrogen-bond acceptors (Lipinski definition) is 4. The van der Waals surface area contributed by atoms with Crippen LogP contribution in [0.2, 0.25) is 0 Å². The van der Waals surface area contributed by atoms with Crippen LogP contribution in [0.3, 0.4) is 0 Å². The predicted molar refractivity (Wildman–Crippen MR) is 85.3 cm³/mol. The molecule has 0 aliphatic carbocycles. The molecule has 0 amide bonds. The Morgan fingerprint density at radius 3 is 2.65 bits per heavy atom. The Bertz CT molecular complexity index is 520. The van der Waals surface area contributed by atoms with Gasteiger partial charge >= 0.3 is 0 Å². The summed E-state index contributed by atoms with van der Waals surface area (Å²) in [5.41, 5.74) is 1.15. The third-order valence-corrected chi connectivity index (χ3v) is 3.86. The van der Waals surface area contributed by atoms with Crippen molar-refractivity contribution in [1.82, 2.24) is 10.3 Å². The summed E-state index contributed by atoms with van der Waals surface area (Å²) < 4.78 is 5.45. The topological polar surface area (TPSA) is 34.1 Å². The fraction of sp³-hybridized carbons (Fsp3) is 0.438. The van der Waals surface area contributed by atoms with Crippen molar-refractivity contribution in [2.75, 3.05) is 13.2 Å². The molecule has 0 aliphatic rings. The van der Waals surface area contributed by atoms with Crippen molar-refractivity contribution < 1.29 is 4.74 Å². The molecule has 1 N–H and O–H groups in total. The highest BCUT2D eigenvalue weighted by Crippen LogP contribution is 2.26. The van der Waals surface area contributed by atoms with E-state index in [-0.39, 0.29) is 0 Å². The zero-order valence-corrected chi connectivity index (χ0v) is 13.2. The first-order valence-corrected chi connectivity index (χ1v) is 7.89. The lowest BCUT2D eigenvalue weighted by Gasteiger charge is -2.05. The maximum Gasteiger partial charge on any atom is 0.123 e. The van der Waals surface area contributed by atoms with Crippen LogP contribution < -0.4 is 10.1 Å². The van der Waals surface area contributed by atoms with Gasteiger partial charge in [0.2, 0.25) is 0 Å². The molecule has 0 bridgehead atoms. The van der Waals surface area contributed by atoms with Crippen LogP contribution in [0.1, 0.15) is 25.6 Å². The molecule has 0 unspecified atom stereocenters. The third kappa shape index (κ3) is 4.32. The highest BCUT2D eigenvalue weighted by atomic mass is 32.1. The van der Waals surface area contributed by atoms with Gasteiger partial charge in [0.25, 0.3) is 0 Å². The Labute approximate surface area is 125 Å². The zero-order valence-electron chi connectivity index (χ0n) is 12.3. The van der Waals surface area contributed by atoms with Crippen LogP contribution >= 0.6 is 11.3 Å². The van der Waals surface area contributed by atoms with E-state index in [1.54, 1.807) is 11.3 Å². The SMILES string of the molecule is CCOc1ccc(-c2ncc(CNCC(C)C)s2)cc1. The number of hydrogen-bond donors (Lipinski definition) is 1. The number of ether oxygens (including phenoxy) is 1. The molecule has 0 saturated heterocycles. The Morgan fingerprint density at radius 2 is 2.00 bits per heavy atom. The zero-order chi connectivity index (χ0) is 14.4. The number of nitrogens with one attached hydrogen (secondary N) is 1. The molecule has 0 saturated carbocycles. The lowest BCUT2D eigenvalue weighted by atomic mass is 10.2. The second-order valence-electron chi connectivity index (χ2n) is 5.11. The van der Waals surface area contributed by atoms with Gasteiger partial charge in [0.1, 0.15) is 10.8 Å². The maximum absolute atomic E-state index is 5.45. The van der Waals surface area contributed by atoms with Crippen molar-refractivity contribution in [3.8, 4) is 16.3 Å². The van der Waals surface area contributed by atoms with E-state index in [9.17, 15) is 0 Å². The summed E-state index contributed by atoms with van der Waals surface area (Å²) >= 11 is 1.74. The monoisotopic (exact) mass is 290 g/mol. The molecule has 0 spiro atoms. The van der Waals surface area contributed by atoms with Gasteiger partial charge in [0, 0.05) is 23.2 Å². The lowest BCUT2D eigenvalue weighted by molar-refractivity contribution is 0.340. The van der Waals surface area contributed by atoms with Crippen LogP contribution in [0, 0.1) is 5.92 Å². The number of rotatable bonds is 7. The van der Waals surface area contributed by atoms with Crippen molar-refractivity contribution in [3.63, 3.8) is 0 Å². The van der Waals surface area contributed by atoms with Gasteiger partial charge in [-0.3, -0.25) is 0 Å². The summed E-state index contributed by atoms with van der Waals surface area (Å²) in [7, 11) is 0. The Hall–Kier alpha value is -1.39. The van der Waals surface area contributed by atoms with Gasteiger partial charge in [0.15, 0.2) is 0 Å². The van der Waals surface area contributed by atoms with E-state index >= 15 is 0 Å². The molecular formula is C16H22N2OS. The molecule has 1 aromatic carbocycles. The van der Waals surface area contributed by atoms with Crippen LogP contribution in [0.15, 0.2) is 30.5 Å². The van der Waals surface area contributed by atoms with Crippen molar-refractivity contribution in [2.24, 2.45) is 5.92 Å². The third-order valence-electron chi connectivity index (χ3n) is 2.82. The van der Waals surface area contributed by atoms with E-state index in [1.807, 2.05) is 25.3 Å². The van der Waals surface area contributed by atoms with Crippen molar-refractivity contribution in [1.29, 1.82) is 0 Å². The van der Waals surface area contributed by atoms with Gasteiger partial charge in [-0.25, -0.2) is 4.98 Å². The molecule has 0 radical (unpaired) electrons. The Kier molecular flexibility index (Phi) is 5.56. The average Bonchev–Trinajstić information content (AvgIpc) is 2.88. The Morgan fingerprint density at radius 1 is 1.25 bits per heavy atom. The summed E-state index contributed by atoms with van der Waals surface area (Å²) in [5.74, 6) is 1.58. The van der Waals surface area contributed by atoms with Gasteiger partial charge in [-0.1, -0.05) is 13.8 Å². The predicted octanol–water partition coefficient (Wildman–Crippen LogP) is 3.95. The summed E-state index contributed by atoms with van der Waals surface area (Å²) in [6, 6.07) is 8.12. The first kappa shape index (κ1) is 15.0.